The summed E-state index contributed by atoms with van der Waals surface area (Å²) in [5.74, 6) is 0. The predicted octanol–water partition coefficient (Wildman–Crippen LogP) is -6.25. The van der Waals surface area contributed by atoms with E-state index in [1.165, 1.54) is 50.2 Å². The zero-order valence-corrected chi connectivity index (χ0v) is 14.5. The molecule has 4 heteroatoms. The maximum absolute atomic E-state index is 2.28. The van der Waals surface area contributed by atoms with Crippen molar-refractivity contribution in [1.82, 2.24) is 0 Å². The Kier molecular flexibility index (Phi) is 7.18. The molecule has 1 aliphatic rings. The number of benzene rings is 2. The Hall–Kier alpha value is 0.193. The normalized spacial score (nSPS) is 10.4. The van der Waals surface area contributed by atoms with Gasteiger partial charge in [0.2, 0.25) is 0 Å². The summed E-state index contributed by atoms with van der Waals surface area (Å²) in [6.07, 6.45) is 1.13. The third kappa shape index (κ3) is 2.85. The number of hydrogen-bond donors (Lipinski definition) is 0. The summed E-state index contributed by atoms with van der Waals surface area (Å²) in [4.78, 5) is 0. The van der Waals surface area contributed by atoms with Gasteiger partial charge in [0.15, 0.2) is 0 Å². The van der Waals surface area contributed by atoms with Crippen LogP contribution in [0.5, 0.6) is 0 Å². The van der Waals surface area contributed by atoms with Crippen LogP contribution in [0, 0.1) is 6.92 Å². The fourth-order valence-corrected chi connectivity index (χ4v) is 3.16. The van der Waals surface area contributed by atoms with E-state index in [-0.39, 0.29) is 37.2 Å². The second-order valence-corrected chi connectivity index (χ2v) is 5.44. The molecule has 2 aromatic rings. The van der Waals surface area contributed by atoms with Crippen LogP contribution < -0.4 is 40.5 Å². The van der Waals surface area contributed by atoms with Gasteiger partial charge in [-0.1, -0.05) is 0 Å². The molecule has 0 aliphatic heterocycles. The van der Waals surface area contributed by atoms with E-state index in [1.807, 2.05) is 0 Å². The quantitative estimate of drug-likeness (QED) is 0.366. The average molecular weight is 377 g/mol. The van der Waals surface area contributed by atoms with Crippen LogP contribution in [0.3, 0.4) is 0 Å². The molecule has 0 saturated carbocycles. The number of halogens is 3. The Morgan fingerprint density at radius 3 is 2.33 bits per heavy atom. The third-order valence-corrected chi connectivity index (χ3v) is 4.33. The summed E-state index contributed by atoms with van der Waals surface area (Å²) < 4.78 is 1.51. The molecule has 0 radical (unpaired) electrons. The van der Waals surface area contributed by atoms with Crippen LogP contribution in [-0.2, 0) is 31.1 Å². The number of aryl methyl sites for hydroxylation is 1. The Balaban J connectivity index is 0.000000963. The third-order valence-electron chi connectivity index (χ3n) is 3.18. The van der Waals surface area contributed by atoms with E-state index < -0.39 is 0 Å². The monoisotopic (exact) mass is 374 g/mol. The molecule has 92 valence electrons. The molecule has 0 aromatic heterocycles. The molecule has 0 spiro atoms. The van der Waals surface area contributed by atoms with E-state index in [2.05, 4.69) is 43.3 Å². The molecule has 0 N–H and O–H groups in total. The number of hydrogen-bond acceptors (Lipinski definition) is 0. The summed E-state index contributed by atoms with van der Waals surface area (Å²) in [5, 5.41) is 0. The average Bonchev–Trinajstić information content (AvgIpc) is 2.64. The first-order chi connectivity index (χ1) is 7.27. The molecule has 0 amide bonds. The first-order valence-corrected chi connectivity index (χ1v) is 6.42. The minimum absolute atomic E-state index is 0. The van der Waals surface area contributed by atoms with Crippen LogP contribution in [0.1, 0.15) is 16.7 Å². The van der Waals surface area contributed by atoms with E-state index in [0.29, 0.717) is 0 Å². The maximum Gasteiger partial charge on any atom is -1.00 e. The van der Waals surface area contributed by atoms with Crippen molar-refractivity contribution < 1.29 is 61.9 Å². The van der Waals surface area contributed by atoms with Crippen LogP contribution in [0.4, 0.5) is 0 Å². The topological polar surface area (TPSA) is 0 Å². The first-order valence-electron chi connectivity index (χ1n) is 5.20. The van der Waals surface area contributed by atoms with Gasteiger partial charge in [0.1, 0.15) is 0 Å². The molecular weight excluding hydrogens is 366 g/mol. The molecule has 18 heavy (non-hydrogen) atoms. The Labute approximate surface area is 142 Å². The molecule has 3 rings (SSSR count). The van der Waals surface area contributed by atoms with E-state index in [1.54, 1.807) is 5.56 Å². The molecule has 0 nitrogen and oxygen atoms in total. The van der Waals surface area contributed by atoms with Crippen molar-refractivity contribution in [3.05, 3.63) is 53.1 Å². The molecule has 2 aromatic carbocycles. The van der Waals surface area contributed by atoms with Gasteiger partial charge in [-0.15, -0.1) is 0 Å². The van der Waals surface area contributed by atoms with Gasteiger partial charge in [0.25, 0.3) is 0 Å². The molecule has 1 aliphatic carbocycles. The SMILES string of the molecule is Cc1cc[c]([Zr+3])c2c1-c1ccccc1C2.[Cl-].[Cl-].[Cl-]. The smallest absolute Gasteiger partial charge is 1.00 e. The maximum atomic E-state index is 2.28. The van der Waals surface area contributed by atoms with Gasteiger partial charge in [0.05, 0.1) is 0 Å². The molecule has 0 fully saturated rings. The van der Waals surface area contributed by atoms with E-state index in [0.717, 1.165) is 6.42 Å². The number of fused-ring (bicyclic) bond motifs is 3. The predicted molar refractivity (Wildman–Crippen MR) is 59.1 cm³/mol. The molecule has 0 bridgehead atoms. The molecule has 0 saturated heterocycles. The number of rotatable bonds is 0. The summed E-state index contributed by atoms with van der Waals surface area (Å²) in [7, 11) is 0. The van der Waals surface area contributed by atoms with Gasteiger partial charge >= 0.3 is 106 Å². The summed E-state index contributed by atoms with van der Waals surface area (Å²) in [6, 6.07) is 13.3. The Bertz CT molecular complexity index is 553. The van der Waals surface area contributed by atoms with E-state index in [9.17, 15) is 0 Å². The molecule has 0 heterocycles. The fraction of sp³-hybridized carbons (Fsp3) is 0.143. The van der Waals surface area contributed by atoms with Crippen LogP contribution in [-0.4, -0.2) is 0 Å². The largest absolute Gasteiger partial charge is 1.00 e. The Morgan fingerprint density at radius 1 is 0.944 bits per heavy atom. The van der Waals surface area contributed by atoms with Gasteiger partial charge in [-0.3, -0.25) is 0 Å². The molecular formula is C14H11Cl3Zr. The fourth-order valence-electron chi connectivity index (χ4n) is 2.43. The van der Waals surface area contributed by atoms with Crippen LogP contribution in [0.2, 0.25) is 0 Å². The minimum Gasteiger partial charge on any atom is -1.00 e. The van der Waals surface area contributed by atoms with Crippen molar-refractivity contribution in [3.8, 4) is 11.1 Å². The van der Waals surface area contributed by atoms with E-state index >= 15 is 0 Å². The van der Waals surface area contributed by atoms with E-state index in [4.69, 9.17) is 0 Å². The summed E-state index contributed by atoms with van der Waals surface area (Å²) >= 11 is 1.53. The van der Waals surface area contributed by atoms with Gasteiger partial charge in [0, 0.05) is 0 Å². The van der Waals surface area contributed by atoms with Gasteiger partial charge in [-0.05, 0) is 0 Å². The van der Waals surface area contributed by atoms with Crippen molar-refractivity contribution in [2.24, 2.45) is 0 Å². The van der Waals surface area contributed by atoms with Crippen molar-refractivity contribution in [2.75, 3.05) is 0 Å². The first kappa shape index (κ1) is 18.2. The molecule has 0 unspecified atom stereocenters. The van der Waals surface area contributed by atoms with Crippen LogP contribution in [0.15, 0.2) is 36.4 Å². The Morgan fingerprint density at radius 2 is 1.61 bits per heavy atom. The second-order valence-electron chi connectivity index (χ2n) is 4.12. The molecule has 0 atom stereocenters. The standard InChI is InChI=1S/C14H11.3ClH.Zr/c1-10-5-4-7-12-9-11-6-2-3-8-13(11)14(10)12;;;;/h2-6,8H,9H2,1H3;3*1H;/q;;;;+3/p-3. The summed E-state index contributed by atoms with van der Waals surface area (Å²) in [5.41, 5.74) is 7.43. The van der Waals surface area contributed by atoms with Gasteiger partial charge in [-0.2, -0.15) is 0 Å². The van der Waals surface area contributed by atoms with Crippen molar-refractivity contribution in [1.29, 1.82) is 0 Å². The minimum atomic E-state index is 0. The summed E-state index contributed by atoms with van der Waals surface area (Å²) in [6.45, 7) is 2.22. The van der Waals surface area contributed by atoms with Crippen LogP contribution in [0.25, 0.3) is 11.1 Å². The zero-order chi connectivity index (χ0) is 10.4. The van der Waals surface area contributed by atoms with Crippen LogP contribution >= 0.6 is 0 Å². The van der Waals surface area contributed by atoms with Gasteiger partial charge < -0.3 is 37.2 Å². The zero-order valence-electron chi connectivity index (χ0n) is 9.81. The second kappa shape index (κ2) is 7.10. The van der Waals surface area contributed by atoms with Crippen molar-refractivity contribution >= 4 is 3.27 Å². The van der Waals surface area contributed by atoms with Crippen molar-refractivity contribution in [3.63, 3.8) is 0 Å². The van der Waals surface area contributed by atoms with Gasteiger partial charge in [-0.25, -0.2) is 0 Å². The van der Waals surface area contributed by atoms with Crippen molar-refractivity contribution in [2.45, 2.75) is 13.3 Å².